The van der Waals surface area contributed by atoms with Crippen molar-refractivity contribution in [3.05, 3.63) is 84.8 Å². The van der Waals surface area contributed by atoms with E-state index in [1.807, 2.05) is 6.20 Å². The lowest BCUT2D eigenvalue weighted by Gasteiger charge is -2.62. The molecule has 4 atom stereocenters. The minimum absolute atomic E-state index is 0.0478. The van der Waals surface area contributed by atoms with Crippen LogP contribution in [0, 0.1) is 10.8 Å². The zero-order valence-electron chi connectivity index (χ0n) is 20.2. The van der Waals surface area contributed by atoms with Crippen molar-refractivity contribution in [1.29, 1.82) is 0 Å². The van der Waals surface area contributed by atoms with Gasteiger partial charge in [0.2, 0.25) is 0 Å². The molecule has 0 fully saturated rings. The first kappa shape index (κ1) is 19.9. The molecule has 4 aliphatic heterocycles. The van der Waals surface area contributed by atoms with Crippen LogP contribution in [0.2, 0.25) is 0 Å². The number of hydrogen-bond donors (Lipinski definition) is 0. The highest BCUT2D eigenvalue weighted by Crippen LogP contribution is 2.69. The molecule has 6 nitrogen and oxygen atoms in total. The van der Waals surface area contributed by atoms with Gasteiger partial charge >= 0.3 is 0 Å². The predicted octanol–water partition coefficient (Wildman–Crippen LogP) is 4.97. The molecule has 6 heteroatoms. The molecule has 0 amide bonds. The van der Waals surface area contributed by atoms with E-state index in [1.54, 1.807) is 6.33 Å². The lowest BCUT2D eigenvalue weighted by molar-refractivity contribution is 0.0292. The third-order valence-electron chi connectivity index (χ3n) is 9.26. The predicted molar refractivity (Wildman–Crippen MR) is 137 cm³/mol. The van der Waals surface area contributed by atoms with Gasteiger partial charge in [0, 0.05) is 43.2 Å². The molecule has 5 heterocycles. The van der Waals surface area contributed by atoms with E-state index in [-0.39, 0.29) is 23.2 Å². The number of aromatic nitrogens is 2. The highest BCUT2D eigenvalue weighted by atomic mass is 15.5. The van der Waals surface area contributed by atoms with Gasteiger partial charge in [0.25, 0.3) is 0 Å². The lowest BCUT2D eigenvalue weighted by atomic mass is 9.51. The average Bonchev–Trinajstić information content (AvgIpc) is 3.38. The van der Waals surface area contributed by atoms with E-state index in [2.05, 4.69) is 101 Å². The molecular formula is C28H30N6. The summed E-state index contributed by atoms with van der Waals surface area (Å²) in [5.74, 6) is 0.990. The molecule has 2 aromatic rings. The maximum Gasteiger partial charge on any atom is 0.157 e. The number of nitrogens with zero attached hydrogens (tertiary/aromatic N) is 6. The SMILES string of the molecule is C=C1c2ccccc2N2C=CN(C)C2C2(C)C3N(C)c4ncncc4N3C3=C(CCC=C3)C12C. The summed E-state index contributed by atoms with van der Waals surface area (Å²) in [6.45, 7) is 9.78. The van der Waals surface area contributed by atoms with Crippen LogP contribution in [0.5, 0.6) is 0 Å². The van der Waals surface area contributed by atoms with Crippen molar-refractivity contribution in [2.75, 3.05) is 28.8 Å². The first-order valence-corrected chi connectivity index (χ1v) is 12.1. The van der Waals surface area contributed by atoms with E-state index in [1.165, 1.54) is 28.1 Å². The Labute approximate surface area is 201 Å². The molecule has 0 bridgehead atoms. The fourth-order valence-corrected chi connectivity index (χ4v) is 7.66. The minimum atomic E-state index is -0.270. The Morgan fingerprint density at radius 1 is 1.06 bits per heavy atom. The van der Waals surface area contributed by atoms with Gasteiger partial charge in [-0.2, -0.15) is 0 Å². The summed E-state index contributed by atoms with van der Waals surface area (Å²) >= 11 is 0. The van der Waals surface area contributed by atoms with Crippen molar-refractivity contribution in [3.8, 4) is 0 Å². The van der Waals surface area contributed by atoms with Crippen molar-refractivity contribution in [2.45, 2.75) is 39.0 Å². The molecule has 7 rings (SSSR count). The number of benzene rings is 1. The Balaban J connectivity index is 1.61. The van der Waals surface area contributed by atoms with Crippen molar-refractivity contribution in [1.82, 2.24) is 14.9 Å². The summed E-state index contributed by atoms with van der Waals surface area (Å²) in [6, 6.07) is 8.78. The molecule has 1 aromatic carbocycles. The summed E-state index contributed by atoms with van der Waals surface area (Å²) in [5.41, 5.74) is 7.00. The molecule has 0 spiro atoms. The van der Waals surface area contributed by atoms with E-state index < -0.39 is 0 Å². The average molecular weight is 451 g/mol. The number of allylic oxidation sites excluding steroid dienone is 4. The maximum absolute atomic E-state index is 4.86. The van der Waals surface area contributed by atoms with Gasteiger partial charge in [-0.05, 0) is 36.1 Å². The van der Waals surface area contributed by atoms with Crippen molar-refractivity contribution in [3.63, 3.8) is 0 Å². The molecular weight excluding hydrogens is 420 g/mol. The van der Waals surface area contributed by atoms with Gasteiger partial charge in [0.15, 0.2) is 5.82 Å². The smallest absolute Gasteiger partial charge is 0.157 e. The fourth-order valence-electron chi connectivity index (χ4n) is 7.66. The highest BCUT2D eigenvalue weighted by Gasteiger charge is 2.69. The van der Waals surface area contributed by atoms with Gasteiger partial charge in [0.05, 0.1) is 17.3 Å². The second-order valence-corrected chi connectivity index (χ2v) is 10.5. The summed E-state index contributed by atoms with van der Waals surface area (Å²) in [5, 5.41) is 0. The van der Waals surface area contributed by atoms with Crippen LogP contribution in [0.4, 0.5) is 17.2 Å². The van der Waals surface area contributed by atoms with Gasteiger partial charge in [-0.25, -0.2) is 9.97 Å². The molecule has 0 radical (unpaired) electrons. The van der Waals surface area contributed by atoms with Crippen LogP contribution in [-0.2, 0) is 0 Å². The Hall–Kier alpha value is -3.54. The van der Waals surface area contributed by atoms with Gasteiger partial charge in [-0.3, -0.25) is 0 Å². The Bertz CT molecular complexity index is 1340. The standard InChI is InChI=1S/C28H30N6/c1-18-19-10-6-8-12-21(19)33-15-14-31(4)25(33)28(3)26-32(5)24-23(16-29-17-30-24)34(26)22-13-9-7-11-20(22)27(18,28)2/h6,8-10,12-17,25-26H,1,7,11H2,2-5H3. The number of rotatable bonds is 0. The zero-order chi connectivity index (χ0) is 23.4. The maximum atomic E-state index is 4.86. The molecule has 0 saturated heterocycles. The monoisotopic (exact) mass is 450 g/mol. The minimum Gasteiger partial charge on any atom is -0.358 e. The first-order chi connectivity index (χ1) is 16.4. The molecule has 1 aliphatic carbocycles. The highest BCUT2D eigenvalue weighted by molar-refractivity contribution is 5.88. The number of anilines is 3. The number of hydrogen-bond acceptors (Lipinski definition) is 6. The molecule has 4 unspecified atom stereocenters. The van der Waals surface area contributed by atoms with Crippen LogP contribution < -0.4 is 14.7 Å². The van der Waals surface area contributed by atoms with E-state index in [9.17, 15) is 0 Å². The topological polar surface area (TPSA) is 38.7 Å². The second-order valence-electron chi connectivity index (χ2n) is 10.5. The van der Waals surface area contributed by atoms with Crippen LogP contribution in [0.1, 0.15) is 32.3 Å². The third kappa shape index (κ3) is 2.00. The van der Waals surface area contributed by atoms with E-state index in [0.29, 0.717) is 0 Å². The number of fused-ring (bicyclic) bond motifs is 11. The second kappa shape index (κ2) is 6.32. The van der Waals surface area contributed by atoms with Crippen molar-refractivity contribution < 1.29 is 0 Å². The summed E-state index contributed by atoms with van der Waals surface area (Å²) in [6.07, 6.45) is 15.0. The number of para-hydroxylation sites is 1. The molecule has 0 saturated carbocycles. The normalized spacial score (nSPS) is 32.8. The quantitative estimate of drug-likeness (QED) is 0.565. The molecule has 1 aromatic heterocycles. The molecule has 172 valence electrons. The summed E-state index contributed by atoms with van der Waals surface area (Å²) < 4.78 is 0. The van der Waals surface area contributed by atoms with Crippen molar-refractivity contribution >= 4 is 22.8 Å². The molecule has 5 aliphatic rings. The largest absolute Gasteiger partial charge is 0.358 e. The zero-order valence-corrected chi connectivity index (χ0v) is 20.2. The third-order valence-corrected chi connectivity index (χ3v) is 9.26. The summed E-state index contributed by atoms with van der Waals surface area (Å²) in [7, 11) is 4.40. The Morgan fingerprint density at radius 3 is 2.74 bits per heavy atom. The van der Waals surface area contributed by atoms with Crippen LogP contribution in [0.3, 0.4) is 0 Å². The van der Waals surface area contributed by atoms with Gasteiger partial charge in [-0.15, -0.1) is 0 Å². The van der Waals surface area contributed by atoms with Gasteiger partial charge in [-0.1, -0.05) is 44.7 Å². The Morgan fingerprint density at radius 2 is 1.88 bits per heavy atom. The first-order valence-electron chi connectivity index (χ1n) is 12.1. The van der Waals surface area contributed by atoms with Crippen LogP contribution in [-0.4, -0.2) is 41.3 Å². The van der Waals surface area contributed by atoms with Crippen LogP contribution in [0.15, 0.2) is 79.2 Å². The van der Waals surface area contributed by atoms with E-state index >= 15 is 0 Å². The van der Waals surface area contributed by atoms with Crippen molar-refractivity contribution in [2.24, 2.45) is 10.8 Å². The van der Waals surface area contributed by atoms with E-state index in [0.717, 1.165) is 24.3 Å². The molecule has 34 heavy (non-hydrogen) atoms. The van der Waals surface area contributed by atoms with Gasteiger partial charge < -0.3 is 19.6 Å². The van der Waals surface area contributed by atoms with E-state index in [4.69, 9.17) is 11.6 Å². The van der Waals surface area contributed by atoms with Gasteiger partial charge in [0.1, 0.15) is 24.3 Å². The summed E-state index contributed by atoms with van der Waals surface area (Å²) in [4.78, 5) is 18.9. The lowest BCUT2D eigenvalue weighted by Crippen LogP contribution is -2.70. The molecule has 0 N–H and O–H groups in total. The van der Waals surface area contributed by atoms with Crippen LogP contribution >= 0.6 is 0 Å². The van der Waals surface area contributed by atoms with Crippen LogP contribution in [0.25, 0.3) is 5.57 Å². The Kier molecular flexibility index (Phi) is 3.69. The fraction of sp³-hybridized carbons (Fsp3) is 0.357.